The van der Waals surface area contributed by atoms with Gasteiger partial charge in [0.15, 0.2) is 0 Å². The van der Waals surface area contributed by atoms with E-state index in [1.807, 2.05) is 30.3 Å². The smallest absolute Gasteiger partial charge is 0.0836 e. The van der Waals surface area contributed by atoms with Crippen LogP contribution in [-0.4, -0.2) is 48.8 Å². The maximum Gasteiger partial charge on any atom is 0.0836 e. The van der Waals surface area contributed by atoms with Gasteiger partial charge < -0.3 is 20.0 Å². The molecule has 144 valence electrons. The van der Waals surface area contributed by atoms with E-state index in [1.165, 1.54) is 11.3 Å². The lowest BCUT2D eigenvalue weighted by molar-refractivity contribution is 0.696. The van der Waals surface area contributed by atoms with Crippen LogP contribution >= 0.6 is 0 Å². The van der Waals surface area contributed by atoms with Crippen LogP contribution in [0.15, 0.2) is 42.5 Å². The fourth-order valence-electron chi connectivity index (χ4n) is 3.16. The van der Waals surface area contributed by atoms with Crippen molar-refractivity contribution in [1.82, 2.24) is 0 Å². The zero-order chi connectivity index (χ0) is 20.0. The molecule has 27 heavy (non-hydrogen) atoms. The van der Waals surface area contributed by atoms with E-state index in [-0.39, 0.29) is 5.92 Å². The third-order valence-corrected chi connectivity index (χ3v) is 4.53. The number of nitrogens with one attached hydrogen (secondary N) is 1. The minimum absolute atomic E-state index is 0.0968. The Morgan fingerprint density at radius 3 is 1.89 bits per heavy atom. The van der Waals surface area contributed by atoms with Crippen LogP contribution in [0.2, 0.25) is 0 Å². The van der Waals surface area contributed by atoms with E-state index in [0.29, 0.717) is 13.0 Å². The van der Waals surface area contributed by atoms with Gasteiger partial charge in [0.1, 0.15) is 0 Å². The van der Waals surface area contributed by atoms with Gasteiger partial charge in [-0.3, -0.25) is 0 Å². The lowest BCUT2D eigenvalue weighted by Crippen LogP contribution is -2.22. The summed E-state index contributed by atoms with van der Waals surface area (Å²) in [5, 5.41) is 13.0. The first-order valence-electron chi connectivity index (χ1n) is 9.21. The van der Waals surface area contributed by atoms with Gasteiger partial charge >= 0.3 is 0 Å². The number of rotatable bonds is 8. The zero-order valence-corrected chi connectivity index (χ0v) is 17.3. The molecule has 0 aliphatic carbocycles. The monoisotopic (exact) mass is 365 g/mol. The molecule has 2 rings (SSSR count). The van der Waals surface area contributed by atoms with Gasteiger partial charge in [0.2, 0.25) is 0 Å². The van der Waals surface area contributed by atoms with Gasteiger partial charge in [-0.05, 0) is 36.2 Å². The summed E-state index contributed by atoms with van der Waals surface area (Å²) in [6, 6.07) is 16.9. The van der Waals surface area contributed by atoms with Gasteiger partial charge in [0.05, 0.1) is 29.0 Å². The predicted molar refractivity (Wildman–Crippen MR) is 117 cm³/mol. The summed E-state index contributed by atoms with van der Waals surface area (Å²) >= 11 is 0. The average molecular weight is 366 g/mol. The molecule has 0 saturated carbocycles. The highest BCUT2D eigenvalue weighted by molar-refractivity contribution is 5.85. The Bertz CT molecular complexity index is 746. The summed E-state index contributed by atoms with van der Waals surface area (Å²) in [6.45, 7) is 0.630. The number of benzene rings is 2. The minimum atomic E-state index is -0.0968. The van der Waals surface area contributed by atoms with Crippen LogP contribution in [-0.2, 0) is 6.42 Å². The molecule has 5 heteroatoms. The molecule has 0 saturated heterocycles. The van der Waals surface area contributed by atoms with E-state index in [1.54, 1.807) is 0 Å². The number of anilines is 4. The Hall–Kier alpha value is -2.87. The molecule has 1 N–H and O–H groups in total. The third kappa shape index (κ3) is 5.30. The SMILES string of the molecule is CN(C)c1cc(CC(C#N)CNc2ccccc2)cc(N(C)C)c1N(C)C. The number of hydrogen-bond acceptors (Lipinski definition) is 5. The van der Waals surface area contributed by atoms with E-state index >= 15 is 0 Å². The van der Waals surface area contributed by atoms with Crippen LogP contribution in [0.4, 0.5) is 22.7 Å². The second-order valence-electron chi connectivity index (χ2n) is 7.44. The minimum Gasteiger partial charge on any atom is -0.384 e. The predicted octanol–water partition coefficient (Wildman–Crippen LogP) is 3.68. The van der Waals surface area contributed by atoms with Crippen molar-refractivity contribution in [3.63, 3.8) is 0 Å². The normalized spacial score (nSPS) is 11.4. The van der Waals surface area contributed by atoms with Crippen molar-refractivity contribution in [2.24, 2.45) is 5.92 Å². The van der Waals surface area contributed by atoms with E-state index in [0.717, 1.165) is 17.1 Å². The van der Waals surface area contributed by atoms with Crippen molar-refractivity contribution in [2.75, 3.05) is 68.8 Å². The molecule has 0 spiro atoms. The van der Waals surface area contributed by atoms with Gasteiger partial charge in [-0.1, -0.05) is 18.2 Å². The molecule has 2 aromatic rings. The van der Waals surface area contributed by atoms with Gasteiger partial charge in [0.25, 0.3) is 0 Å². The number of nitrogens with zero attached hydrogens (tertiary/aromatic N) is 4. The van der Waals surface area contributed by atoms with Gasteiger partial charge in [-0.25, -0.2) is 0 Å². The first-order chi connectivity index (χ1) is 12.8. The van der Waals surface area contributed by atoms with Crippen molar-refractivity contribution in [3.05, 3.63) is 48.0 Å². The molecule has 0 amide bonds. The van der Waals surface area contributed by atoms with Crippen molar-refractivity contribution in [3.8, 4) is 6.07 Å². The Morgan fingerprint density at radius 2 is 1.44 bits per heavy atom. The molecule has 1 unspecified atom stereocenters. The molecular weight excluding hydrogens is 334 g/mol. The lowest BCUT2D eigenvalue weighted by atomic mass is 9.98. The van der Waals surface area contributed by atoms with Crippen molar-refractivity contribution < 1.29 is 0 Å². The quantitative estimate of drug-likeness (QED) is 0.773. The molecule has 0 heterocycles. The molecular formula is C22H31N5. The topological polar surface area (TPSA) is 45.5 Å². The molecule has 0 bridgehead atoms. The van der Waals surface area contributed by atoms with Crippen LogP contribution in [0.1, 0.15) is 5.56 Å². The summed E-state index contributed by atoms with van der Waals surface area (Å²) in [5.41, 5.74) is 5.73. The zero-order valence-electron chi connectivity index (χ0n) is 17.3. The second kappa shape index (κ2) is 9.18. The van der Waals surface area contributed by atoms with Crippen LogP contribution in [0.3, 0.4) is 0 Å². The Balaban J connectivity index is 2.27. The molecule has 0 aromatic heterocycles. The Labute approximate surface area is 163 Å². The van der Waals surface area contributed by atoms with Crippen LogP contribution in [0.25, 0.3) is 0 Å². The Morgan fingerprint density at radius 1 is 0.889 bits per heavy atom. The highest BCUT2D eigenvalue weighted by Crippen LogP contribution is 2.38. The first-order valence-corrected chi connectivity index (χ1v) is 9.21. The van der Waals surface area contributed by atoms with Gasteiger partial charge in [-0.15, -0.1) is 0 Å². The highest BCUT2D eigenvalue weighted by atomic mass is 15.2. The molecule has 0 fully saturated rings. The fraction of sp³-hybridized carbons (Fsp3) is 0.409. The lowest BCUT2D eigenvalue weighted by Gasteiger charge is -2.29. The molecule has 0 aliphatic heterocycles. The fourth-order valence-corrected chi connectivity index (χ4v) is 3.16. The maximum absolute atomic E-state index is 9.65. The highest BCUT2D eigenvalue weighted by Gasteiger charge is 2.18. The molecule has 1 atom stereocenters. The molecule has 5 nitrogen and oxygen atoms in total. The Kier molecular flexibility index (Phi) is 6.95. The van der Waals surface area contributed by atoms with E-state index in [2.05, 4.69) is 80.5 Å². The first kappa shape index (κ1) is 20.4. The number of para-hydroxylation sites is 1. The second-order valence-corrected chi connectivity index (χ2v) is 7.44. The van der Waals surface area contributed by atoms with Crippen molar-refractivity contribution in [2.45, 2.75) is 6.42 Å². The number of nitriles is 1. The third-order valence-electron chi connectivity index (χ3n) is 4.53. The summed E-state index contributed by atoms with van der Waals surface area (Å²) in [4.78, 5) is 6.41. The summed E-state index contributed by atoms with van der Waals surface area (Å²) < 4.78 is 0. The molecule has 2 aromatic carbocycles. The average Bonchev–Trinajstić information content (AvgIpc) is 2.64. The van der Waals surface area contributed by atoms with Crippen LogP contribution < -0.4 is 20.0 Å². The van der Waals surface area contributed by atoms with Crippen LogP contribution in [0, 0.1) is 17.2 Å². The summed E-state index contributed by atoms with van der Waals surface area (Å²) in [7, 11) is 12.4. The van der Waals surface area contributed by atoms with E-state index in [9.17, 15) is 5.26 Å². The van der Waals surface area contributed by atoms with Gasteiger partial charge in [0, 0.05) is 54.5 Å². The maximum atomic E-state index is 9.65. The van der Waals surface area contributed by atoms with E-state index in [4.69, 9.17) is 0 Å². The number of hydrogen-bond donors (Lipinski definition) is 1. The largest absolute Gasteiger partial charge is 0.384 e. The van der Waals surface area contributed by atoms with E-state index < -0.39 is 0 Å². The van der Waals surface area contributed by atoms with Crippen molar-refractivity contribution >= 4 is 22.7 Å². The van der Waals surface area contributed by atoms with Crippen molar-refractivity contribution in [1.29, 1.82) is 5.26 Å². The summed E-state index contributed by atoms with van der Waals surface area (Å²) in [5.74, 6) is -0.0968. The standard InChI is InChI=1S/C22H31N5/c1-25(2)20-13-17(14-21(26(3)4)22(20)27(5)6)12-18(15-23)16-24-19-10-8-7-9-11-19/h7-11,13-14,18,24H,12,16H2,1-6H3. The summed E-state index contributed by atoms with van der Waals surface area (Å²) in [6.07, 6.45) is 0.714. The molecule has 0 radical (unpaired) electrons. The van der Waals surface area contributed by atoms with Crippen LogP contribution in [0.5, 0.6) is 0 Å². The van der Waals surface area contributed by atoms with Gasteiger partial charge in [-0.2, -0.15) is 5.26 Å². The molecule has 0 aliphatic rings.